The van der Waals surface area contributed by atoms with E-state index < -0.39 is 0 Å². The molecule has 1 aliphatic heterocycles. The predicted molar refractivity (Wildman–Crippen MR) is 55.0 cm³/mol. The Labute approximate surface area is 79.2 Å². The van der Waals surface area contributed by atoms with E-state index in [4.69, 9.17) is 0 Å². The molecule has 1 N–H and O–H groups in total. The highest BCUT2D eigenvalue weighted by Crippen LogP contribution is 2.50. The summed E-state index contributed by atoms with van der Waals surface area (Å²) >= 11 is 0. The summed E-state index contributed by atoms with van der Waals surface area (Å²) in [5.41, 5.74) is 2.92. The molecule has 1 fully saturated rings. The van der Waals surface area contributed by atoms with Gasteiger partial charge in [0.05, 0.1) is 0 Å². The quantitative estimate of drug-likeness (QED) is 0.688. The Morgan fingerprint density at radius 1 is 1.23 bits per heavy atom. The van der Waals surface area contributed by atoms with E-state index in [-0.39, 0.29) is 0 Å². The van der Waals surface area contributed by atoms with Crippen molar-refractivity contribution in [3.63, 3.8) is 0 Å². The second kappa shape index (κ2) is 2.50. The molecule has 0 saturated heterocycles. The van der Waals surface area contributed by atoms with Crippen LogP contribution in [0.15, 0.2) is 24.3 Å². The van der Waals surface area contributed by atoms with Crippen molar-refractivity contribution in [2.45, 2.75) is 31.7 Å². The molecule has 1 nitrogen and oxygen atoms in total. The zero-order valence-corrected chi connectivity index (χ0v) is 7.96. The van der Waals surface area contributed by atoms with Crippen LogP contribution in [0.3, 0.4) is 0 Å². The van der Waals surface area contributed by atoms with Crippen LogP contribution in [-0.4, -0.2) is 6.04 Å². The Hall–Kier alpha value is -0.980. The highest BCUT2D eigenvalue weighted by atomic mass is 15.0. The molecule has 68 valence electrons. The molecule has 2 unspecified atom stereocenters. The fourth-order valence-corrected chi connectivity index (χ4v) is 2.64. The maximum atomic E-state index is 3.57. The van der Waals surface area contributed by atoms with Crippen molar-refractivity contribution in [2.75, 3.05) is 5.32 Å². The molecule has 0 radical (unpaired) electrons. The molecule has 2 atom stereocenters. The van der Waals surface area contributed by atoms with E-state index in [1.54, 1.807) is 5.56 Å². The van der Waals surface area contributed by atoms with Gasteiger partial charge in [0.25, 0.3) is 0 Å². The summed E-state index contributed by atoms with van der Waals surface area (Å²) < 4.78 is 0. The first kappa shape index (κ1) is 7.43. The molecule has 0 bridgehead atoms. The molecule has 1 aromatic carbocycles. The van der Waals surface area contributed by atoms with Crippen molar-refractivity contribution in [2.24, 2.45) is 5.92 Å². The van der Waals surface area contributed by atoms with Gasteiger partial charge in [0, 0.05) is 17.6 Å². The number of fused-ring (bicyclic) bond motifs is 1. The third kappa shape index (κ3) is 1.06. The summed E-state index contributed by atoms with van der Waals surface area (Å²) in [7, 11) is 0. The van der Waals surface area contributed by atoms with E-state index >= 15 is 0 Å². The van der Waals surface area contributed by atoms with Crippen LogP contribution in [0.5, 0.6) is 0 Å². The normalized spacial score (nSPS) is 31.2. The average Bonchev–Trinajstić information content (AvgIpc) is 2.88. The number of anilines is 1. The fourth-order valence-electron chi connectivity index (χ4n) is 2.64. The summed E-state index contributed by atoms with van der Waals surface area (Å²) in [6.07, 6.45) is 2.87. The molecule has 1 heteroatoms. The van der Waals surface area contributed by atoms with Gasteiger partial charge in [-0.05, 0) is 37.3 Å². The summed E-state index contributed by atoms with van der Waals surface area (Å²) in [4.78, 5) is 0. The van der Waals surface area contributed by atoms with Gasteiger partial charge in [-0.1, -0.05) is 18.2 Å². The number of hydrogen-bond acceptors (Lipinski definition) is 1. The van der Waals surface area contributed by atoms with Crippen molar-refractivity contribution in [3.05, 3.63) is 29.8 Å². The Balaban J connectivity index is 2.03. The van der Waals surface area contributed by atoms with E-state index in [0.717, 1.165) is 11.8 Å². The molecule has 3 rings (SSSR count). The lowest BCUT2D eigenvalue weighted by Gasteiger charge is -2.14. The van der Waals surface area contributed by atoms with E-state index in [1.165, 1.54) is 18.5 Å². The Morgan fingerprint density at radius 2 is 2.00 bits per heavy atom. The zero-order chi connectivity index (χ0) is 8.84. The largest absolute Gasteiger partial charge is 0.382 e. The smallest absolute Gasteiger partial charge is 0.0378 e. The van der Waals surface area contributed by atoms with Crippen LogP contribution < -0.4 is 5.32 Å². The van der Waals surface area contributed by atoms with Crippen molar-refractivity contribution < 1.29 is 0 Å². The first-order valence-electron chi connectivity index (χ1n) is 5.22. The highest BCUT2D eigenvalue weighted by Gasteiger charge is 2.40. The molecule has 1 saturated carbocycles. The van der Waals surface area contributed by atoms with E-state index in [2.05, 4.69) is 36.5 Å². The zero-order valence-electron chi connectivity index (χ0n) is 7.96. The van der Waals surface area contributed by atoms with E-state index in [9.17, 15) is 0 Å². The monoisotopic (exact) mass is 173 g/mol. The molecule has 0 aromatic heterocycles. The van der Waals surface area contributed by atoms with E-state index in [0.29, 0.717) is 6.04 Å². The number of hydrogen-bond donors (Lipinski definition) is 1. The summed E-state index contributed by atoms with van der Waals surface area (Å²) in [6.45, 7) is 2.31. The second-order valence-corrected chi connectivity index (χ2v) is 4.38. The van der Waals surface area contributed by atoms with Gasteiger partial charge in [0.2, 0.25) is 0 Å². The van der Waals surface area contributed by atoms with Crippen LogP contribution >= 0.6 is 0 Å². The van der Waals surface area contributed by atoms with Gasteiger partial charge in [-0.15, -0.1) is 0 Å². The van der Waals surface area contributed by atoms with Gasteiger partial charge < -0.3 is 5.32 Å². The standard InChI is InChI=1S/C12H15N/c1-8-12(9-6-7-9)10-4-2-3-5-11(10)13-8/h2-5,8-9,12-13H,6-7H2,1H3. The fraction of sp³-hybridized carbons (Fsp3) is 0.500. The minimum Gasteiger partial charge on any atom is -0.382 e. The second-order valence-electron chi connectivity index (χ2n) is 4.38. The van der Waals surface area contributed by atoms with E-state index in [1.807, 2.05) is 0 Å². The van der Waals surface area contributed by atoms with Gasteiger partial charge in [-0.3, -0.25) is 0 Å². The average molecular weight is 173 g/mol. The summed E-state index contributed by atoms with van der Waals surface area (Å²) in [5.74, 6) is 1.75. The first-order valence-corrected chi connectivity index (χ1v) is 5.22. The molecule has 0 spiro atoms. The maximum Gasteiger partial charge on any atom is 0.0378 e. The highest BCUT2D eigenvalue weighted by molar-refractivity contribution is 5.59. The molecular formula is C12H15N. The lowest BCUT2D eigenvalue weighted by molar-refractivity contribution is 0.564. The molecular weight excluding hydrogens is 158 g/mol. The number of para-hydroxylation sites is 1. The number of nitrogens with one attached hydrogen (secondary N) is 1. The molecule has 2 aliphatic rings. The molecule has 1 aromatic rings. The Bertz CT molecular complexity index is 328. The Kier molecular flexibility index (Phi) is 1.43. The van der Waals surface area contributed by atoms with Crippen LogP contribution in [-0.2, 0) is 0 Å². The third-order valence-corrected chi connectivity index (χ3v) is 3.37. The summed E-state index contributed by atoms with van der Waals surface area (Å²) in [5, 5.41) is 3.57. The lowest BCUT2D eigenvalue weighted by Crippen LogP contribution is -2.17. The number of benzene rings is 1. The van der Waals surface area contributed by atoms with Gasteiger partial charge in [-0.2, -0.15) is 0 Å². The van der Waals surface area contributed by atoms with Crippen molar-refractivity contribution in [1.82, 2.24) is 0 Å². The third-order valence-electron chi connectivity index (χ3n) is 3.37. The topological polar surface area (TPSA) is 12.0 Å². The lowest BCUT2D eigenvalue weighted by atomic mass is 9.91. The van der Waals surface area contributed by atoms with Crippen LogP contribution in [0.1, 0.15) is 31.2 Å². The molecule has 13 heavy (non-hydrogen) atoms. The molecule has 0 amide bonds. The predicted octanol–water partition coefficient (Wildman–Crippen LogP) is 2.99. The van der Waals surface area contributed by atoms with Gasteiger partial charge >= 0.3 is 0 Å². The first-order chi connectivity index (χ1) is 6.36. The Morgan fingerprint density at radius 3 is 2.77 bits per heavy atom. The minimum atomic E-state index is 0.643. The van der Waals surface area contributed by atoms with Gasteiger partial charge in [-0.25, -0.2) is 0 Å². The maximum absolute atomic E-state index is 3.57. The van der Waals surface area contributed by atoms with Crippen LogP contribution in [0.2, 0.25) is 0 Å². The number of rotatable bonds is 1. The van der Waals surface area contributed by atoms with Gasteiger partial charge in [0.15, 0.2) is 0 Å². The van der Waals surface area contributed by atoms with Crippen molar-refractivity contribution in [1.29, 1.82) is 0 Å². The van der Waals surface area contributed by atoms with Crippen LogP contribution in [0.25, 0.3) is 0 Å². The minimum absolute atomic E-state index is 0.643. The van der Waals surface area contributed by atoms with Crippen molar-refractivity contribution >= 4 is 5.69 Å². The molecule has 1 heterocycles. The summed E-state index contributed by atoms with van der Waals surface area (Å²) in [6, 6.07) is 9.41. The van der Waals surface area contributed by atoms with Crippen LogP contribution in [0, 0.1) is 5.92 Å². The van der Waals surface area contributed by atoms with Gasteiger partial charge in [0.1, 0.15) is 0 Å². The van der Waals surface area contributed by atoms with Crippen LogP contribution in [0.4, 0.5) is 5.69 Å². The van der Waals surface area contributed by atoms with Crippen molar-refractivity contribution in [3.8, 4) is 0 Å². The molecule has 1 aliphatic carbocycles. The SMILES string of the molecule is CC1Nc2ccccc2C1C1CC1.